The zero-order valence-electron chi connectivity index (χ0n) is 23.2. The summed E-state index contributed by atoms with van der Waals surface area (Å²) in [4.78, 5) is 28.5. The van der Waals surface area contributed by atoms with Crippen LogP contribution in [0, 0.1) is 13.8 Å². The molecule has 0 aliphatic heterocycles. The molecule has 0 unspecified atom stereocenters. The number of anilines is 1. The molecule has 208 valence electrons. The van der Waals surface area contributed by atoms with E-state index < -0.39 is 28.5 Å². The van der Waals surface area contributed by atoms with Crippen LogP contribution in [0.3, 0.4) is 0 Å². The Morgan fingerprint density at radius 2 is 1.44 bits per heavy atom. The molecular weight excluding hydrogens is 514 g/mol. The third-order valence-electron chi connectivity index (χ3n) is 6.46. The molecule has 8 nitrogen and oxygen atoms in total. The Balaban J connectivity index is 2.04. The maximum Gasteiger partial charge on any atom is 0.264 e. The highest BCUT2D eigenvalue weighted by molar-refractivity contribution is 7.92. The number of nitrogens with zero attached hydrogens (tertiary/aromatic N) is 2. The molecule has 0 aliphatic rings. The molecule has 0 spiro atoms. The number of amides is 2. The lowest BCUT2D eigenvalue weighted by Crippen LogP contribution is -2.52. The van der Waals surface area contributed by atoms with Crippen LogP contribution in [0.4, 0.5) is 5.69 Å². The normalized spacial score (nSPS) is 11.9. The SMILES string of the molecule is CCNC(=O)[C@@H](CC)N(Cc1ccc(OC)cc1)C(=O)CN(c1ccc(C)cc1)S(=O)(=O)c1ccc(C)cc1. The minimum Gasteiger partial charge on any atom is -0.497 e. The fraction of sp³-hybridized carbons (Fsp3) is 0.333. The average Bonchev–Trinajstić information content (AvgIpc) is 2.92. The van der Waals surface area contributed by atoms with Gasteiger partial charge in [0.05, 0.1) is 17.7 Å². The van der Waals surface area contributed by atoms with E-state index in [4.69, 9.17) is 4.74 Å². The molecule has 3 aromatic rings. The Bertz CT molecular complexity index is 1360. The van der Waals surface area contributed by atoms with Gasteiger partial charge < -0.3 is 15.0 Å². The summed E-state index contributed by atoms with van der Waals surface area (Å²) in [5.74, 6) is -0.104. The number of hydrogen-bond donors (Lipinski definition) is 1. The van der Waals surface area contributed by atoms with Crippen molar-refractivity contribution in [2.45, 2.75) is 51.6 Å². The molecular formula is C30H37N3O5S. The first-order valence-electron chi connectivity index (χ1n) is 13.0. The minimum absolute atomic E-state index is 0.0824. The van der Waals surface area contributed by atoms with Crippen molar-refractivity contribution in [1.29, 1.82) is 0 Å². The smallest absolute Gasteiger partial charge is 0.264 e. The molecule has 0 saturated heterocycles. The number of rotatable bonds is 12. The molecule has 1 atom stereocenters. The third kappa shape index (κ3) is 7.38. The Kier molecular flexibility index (Phi) is 10.1. The van der Waals surface area contributed by atoms with Crippen LogP contribution >= 0.6 is 0 Å². The number of methoxy groups -OCH3 is 1. The summed E-state index contributed by atoms with van der Waals surface area (Å²) >= 11 is 0. The van der Waals surface area contributed by atoms with Crippen molar-refractivity contribution in [2.24, 2.45) is 0 Å². The van der Waals surface area contributed by atoms with E-state index in [2.05, 4.69) is 5.32 Å². The van der Waals surface area contributed by atoms with Gasteiger partial charge in [0.2, 0.25) is 11.8 Å². The van der Waals surface area contributed by atoms with Crippen molar-refractivity contribution in [3.05, 3.63) is 89.5 Å². The van der Waals surface area contributed by atoms with Gasteiger partial charge in [0.25, 0.3) is 10.0 Å². The van der Waals surface area contributed by atoms with Crippen LogP contribution in [-0.4, -0.2) is 51.4 Å². The van der Waals surface area contributed by atoms with Gasteiger partial charge in [-0.25, -0.2) is 8.42 Å². The highest BCUT2D eigenvalue weighted by Crippen LogP contribution is 2.26. The van der Waals surface area contributed by atoms with Gasteiger partial charge in [-0.2, -0.15) is 0 Å². The molecule has 0 heterocycles. The second-order valence-electron chi connectivity index (χ2n) is 9.35. The van der Waals surface area contributed by atoms with Gasteiger partial charge in [-0.05, 0) is 69.2 Å². The third-order valence-corrected chi connectivity index (χ3v) is 8.25. The van der Waals surface area contributed by atoms with E-state index in [0.717, 1.165) is 21.0 Å². The quantitative estimate of drug-likeness (QED) is 0.359. The first kappa shape index (κ1) is 29.7. The van der Waals surface area contributed by atoms with E-state index in [1.165, 1.54) is 17.0 Å². The maximum atomic E-state index is 14.0. The van der Waals surface area contributed by atoms with Crippen molar-refractivity contribution in [3.8, 4) is 5.75 Å². The predicted octanol–water partition coefficient (Wildman–Crippen LogP) is 4.45. The van der Waals surface area contributed by atoms with Gasteiger partial charge >= 0.3 is 0 Å². The van der Waals surface area contributed by atoms with Crippen LogP contribution in [0.5, 0.6) is 5.75 Å². The lowest BCUT2D eigenvalue weighted by molar-refractivity contribution is -0.140. The van der Waals surface area contributed by atoms with Crippen LogP contribution in [0.25, 0.3) is 0 Å². The van der Waals surface area contributed by atoms with Crippen molar-refractivity contribution >= 4 is 27.5 Å². The highest BCUT2D eigenvalue weighted by Gasteiger charge is 2.33. The summed E-state index contributed by atoms with van der Waals surface area (Å²) < 4.78 is 34.1. The van der Waals surface area contributed by atoms with Crippen LogP contribution in [0.15, 0.2) is 77.7 Å². The fourth-order valence-corrected chi connectivity index (χ4v) is 5.63. The van der Waals surface area contributed by atoms with Gasteiger partial charge in [-0.1, -0.05) is 54.4 Å². The first-order chi connectivity index (χ1) is 18.6. The van der Waals surface area contributed by atoms with Crippen molar-refractivity contribution in [2.75, 3.05) is 24.5 Å². The Hall–Kier alpha value is -3.85. The molecule has 0 fully saturated rings. The summed E-state index contributed by atoms with van der Waals surface area (Å²) in [5.41, 5.74) is 3.03. The van der Waals surface area contributed by atoms with Crippen LogP contribution in [0.2, 0.25) is 0 Å². The van der Waals surface area contributed by atoms with Crippen LogP contribution in [0.1, 0.15) is 37.0 Å². The molecule has 1 N–H and O–H groups in total. The molecule has 3 aromatic carbocycles. The van der Waals surface area contributed by atoms with E-state index in [1.54, 1.807) is 55.6 Å². The van der Waals surface area contributed by atoms with Crippen LogP contribution in [-0.2, 0) is 26.2 Å². The molecule has 0 saturated carbocycles. The molecule has 3 rings (SSSR count). The summed E-state index contributed by atoms with van der Waals surface area (Å²) in [5, 5.41) is 2.80. The summed E-state index contributed by atoms with van der Waals surface area (Å²) in [7, 11) is -2.52. The number of carbonyl (C=O) groups is 2. The molecule has 0 bridgehead atoms. The standard InChI is InChI=1S/C30H37N3O5S/c1-6-28(30(35)31-7-2)32(20-24-12-16-26(38-5)17-13-24)29(34)21-33(25-14-8-22(3)9-15-25)39(36,37)27-18-10-23(4)11-19-27/h8-19,28H,6-7,20-21H2,1-5H3,(H,31,35)/t28-/m1/s1. The van der Waals surface area contributed by atoms with Gasteiger partial charge in [0.15, 0.2) is 0 Å². The lowest BCUT2D eigenvalue weighted by Gasteiger charge is -2.33. The van der Waals surface area contributed by atoms with E-state index in [9.17, 15) is 18.0 Å². The van der Waals surface area contributed by atoms with E-state index >= 15 is 0 Å². The molecule has 0 aliphatic carbocycles. The topological polar surface area (TPSA) is 96.0 Å². The highest BCUT2D eigenvalue weighted by atomic mass is 32.2. The number of nitrogens with one attached hydrogen (secondary N) is 1. The van der Waals surface area contributed by atoms with Gasteiger partial charge in [0, 0.05) is 13.1 Å². The molecule has 0 aromatic heterocycles. The number of benzene rings is 3. The van der Waals surface area contributed by atoms with E-state index in [1.807, 2.05) is 39.8 Å². The van der Waals surface area contributed by atoms with Crippen molar-refractivity contribution in [3.63, 3.8) is 0 Å². The summed E-state index contributed by atoms with van der Waals surface area (Å²) in [6.07, 6.45) is 0.364. The Morgan fingerprint density at radius 1 is 0.872 bits per heavy atom. The maximum absolute atomic E-state index is 14.0. The molecule has 39 heavy (non-hydrogen) atoms. The van der Waals surface area contributed by atoms with Gasteiger partial charge in [-0.3, -0.25) is 13.9 Å². The Labute approximate surface area is 231 Å². The number of carbonyl (C=O) groups excluding carboxylic acids is 2. The number of hydrogen-bond acceptors (Lipinski definition) is 5. The monoisotopic (exact) mass is 551 g/mol. The van der Waals surface area contributed by atoms with Crippen molar-refractivity contribution < 1.29 is 22.7 Å². The van der Waals surface area contributed by atoms with E-state index in [0.29, 0.717) is 24.4 Å². The van der Waals surface area contributed by atoms with Crippen molar-refractivity contribution in [1.82, 2.24) is 10.2 Å². The number of sulfonamides is 1. The zero-order valence-corrected chi connectivity index (χ0v) is 24.0. The van der Waals surface area contributed by atoms with Gasteiger partial charge in [0.1, 0.15) is 18.3 Å². The van der Waals surface area contributed by atoms with E-state index in [-0.39, 0.29) is 17.3 Å². The predicted molar refractivity (Wildman–Crippen MR) is 153 cm³/mol. The number of likely N-dealkylation sites (N-methyl/N-ethyl adjacent to an activating group) is 1. The number of ether oxygens (including phenoxy) is 1. The lowest BCUT2D eigenvalue weighted by atomic mass is 10.1. The second-order valence-corrected chi connectivity index (χ2v) is 11.2. The fourth-order valence-electron chi connectivity index (χ4n) is 4.22. The van der Waals surface area contributed by atoms with Gasteiger partial charge in [-0.15, -0.1) is 0 Å². The summed E-state index contributed by atoms with van der Waals surface area (Å²) in [6, 6.07) is 19.9. The molecule has 9 heteroatoms. The minimum atomic E-state index is -4.09. The summed E-state index contributed by atoms with van der Waals surface area (Å²) in [6.45, 7) is 7.50. The molecule has 0 radical (unpaired) electrons. The number of aryl methyl sites for hydroxylation is 2. The first-order valence-corrected chi connectivity index (χ1v) is 14.4. The molecule has 2 amide bonds. The Morgan fingerprint density at radius 3 is 1.95 bits per heavy atom. The zero-order chi connectivity index (χ0) is 28.6. The average molecular weight is 552 g/mol. The van der Waals surface area contributed by atoms with Crippen LogP contribution < -0.4 is 14.4 Å². The largest absolute Gasteiger partial charge is 0.497 e. The second kappa shape index (κ2) is 13.3.